The lowest BCUT2D eigenvalue weighted by Gasteiger charge is -2.16. The van der Waals surface area contributed by atoms with Gasteiger partial charge in [-0.05, 0) is 31.5 Å². The standard InChI is InChI=1S/C15H17N3O3/c1-10-9-21-14(16-10)11-3-2-4-12(7-11)17-15(20)18-6-5-13(19)8-18/h2-4,7,9,13,19H,5-6,8H2,1H3,(H,17,20)/t13-/m1/s1. The minimum absolute atomic E-state index is 0.202. The fraction of sp³-hybridized carbons (Fsp3) is 0.333. The quantitative estimate of drug-likeness (QED) is 0.888. The predicted octanol–water partition coefficient (Wildman–Crippen LogP) is 2.25. The van der Waals surface area contributed by atoms with Crippen LogP contribution in [0.25, 0.3) is 11.5 Å². The molecule has 2 aromatic rings. The molecule has 1 aromatic heterocycles. The van der Waals surface area contributed by atoms with Crippen LogP contribution in [0.5, 0.6) is 0 Å². The molecule has 1 saturated heterocycles. The van der Waals surface area contributed by atoms with Crippen LogP contribution in [-0.4, -0.2) is 40.2 Å². The molecule has 0 aliphatic carbocycles. The van der Waals surface area contributed by atoms with Crippen molar-refractivity contribution in [3.8, 4) is 11.5 Å². The molecule has 0 radical (unpaired) electrons. The fourth-order valence-corrected chi connectivity index (χ4v) is 2.35. The molecule has 0 unspecified atom stereocenters. The number of anilines is 1. The predicted molar refractivity (Wildman–Crippen MR) is 77.9 cm³/mol. The Labute approximate surface area is 122 Å². The van der Waals surface area contributed by atoms with Crippen LogP contribution in [0.1, 0.15) is 12.1 Å². The highest BCUT2D eigenvalue weighted by Crippen LogP contribution is 2.22. The average molecular weight is 287 g/mol. The summed E-state index contributed by atoms with van der Waals surface area (Å²) >= 11 is 0. The van der Waals surface area contributed by atoms with Gasteiger partial charge in [0.05, 0.1) is 11.8 Å². The molecule has 6 heteroatoms. The van der Waals surface area contributed by atoms with E-state index in [1.165, 1.54) is 0 Å². The largest absolute Gasteiger partial charge is 0.444 e. The SMILES string of the molecule is Cc1coc(-c2cccc(NC(=O)N3CC[C@@H](O)C3)c2)n1. The van der Waals surface area contributed by atoms with Crippen LogP contribution in [0, 0.1) is 6.92 Å². The highest BCUT2D eigenvalue weighted by Gasteiger charge is 2.24. The van der Waals surface area contributed by atoms with Crippen LogP contribution in [-0.2, 0) is 0 Å². The molecule has 3 rings (SSSR count). The molecule has 1 atom stereocenters. The number of aromatic nitrogens is 1. The Kier molecular flexibility index (Phi) is 3.62. The number of nitrogens with zero attached hydrogens (tertiary/aromatic N) is 2. The molecule has 2 N–H and O–H groups in total. The van der Waals surface area contributed by atoms with Crippen molar-refractivity contribution < 1.29 is 14.3 Å². The summed E-state index contributed by atoms with van der Waals surface area (Å²) in [6, 6.07) is 7.13. The Morgan fingerprint density at radius 3 is 3.05 bits per heavy atom. The van der Waals surface area contributed by atoms with Gasteiger partial charge in [-0.3, -0.25) is 0 Å². The summed E-state index contributed by atoms with van der Waals surface area (Å²) in [7, 11) is 0. The molecule has 0 saturated carbocycles. The number of β-amino-alcohol motifs (C(OH)–C–C–N with tert-alkyl or cyclic N) is 1. The minimum atomic E-state index is -0.419. The number of nitrogens with one attached hydrogen (secondary N) is 1. The van der Waals surface area contributed by atoms with E-state index >= 15 is 0 Å². The van der Waals surface area contributed by atoms with Crippen LogP contribution >= 0.6 is 0 Å². The van der Waals surface area contributed by atoms with Gasteiger partial charge in [0.15, 0.2) is 0 Å². The van der Waals surface area contributed by atoms with Crippen molar-refractivity contribution in [2.45, 2.75) is 19.4 Å². The number of amides is 2. The van der Waals surface area contributed by atoms with Crippen molar-refractivity contribution >= 4 is 11.7 Å². The number of rotatable bonds is 2. The third-order valence-corrected chi connectivity index (χ3v) is 3.43. The van der Waals surface area contributed by atoms with E-state index in [0.29, 0.717) is 31.1 Å². The summed E-state index contributed by atoms with van der Waals surface area (Å²) in [5, 5.41) is 12.3. The molecular formula is C15H17N3O3. The summed E-state index contributed by atoms with van der Waals surface area (Å²) in [5.41, 5.74) is 2.29. The van der Waals surface area contributed by atoms with Crippen LogP contribution in [0.4, 0.5) is 10.5 Å². The van der Waals surface area contributed by atoms with Gasteiger partial charge in [-0.25, -0.2) is 9.78 Å². The topological polar surface area (TPSA) is 78.6 Å². The van der Waals surface area contributed by atoms with Crippen molar-refractivity contribution in [3.63, 3.8) is 0 Å². The number of oxazole rings is 1. The summed E-state index contributed by atoms with van der Waals surface area (Å²) in [5.74, 6) is 0.528. The molecule has 1 fully saturated rings. The molecule has 1 aliphatic heterocycles. The second-order valence-corrected chi connectivity index (χ2v) is 5.19. The molecule has 2 amide bonds. The molecule has 1 aliphatic rings. The number of carbonyl (C=O) groups excluding carboxylic acids is 1. The highest BCUT2D eigenvalue weighted by molar-refractivity contribution is 5.90. The lowest BCUT2D eigenvalue weighted by molar-refractivity contribution is 0.176. The van der Waals surface area contributed by atoms with Gasteiger partial charge in [-0.1, -0.05) is 6.07 Å². The van der Waals surface area contributed by atoms with Gasteiger partial charge >= 0.3 is 6.03 Å². The van der Waals surface area contributed by atoms with Crippen molar-refractivity contribution in [3.05, 3.63) is 36.2 Å². The van der Waals surface area contributed by atoms with Crippen LogP contribution in [0.15, 0.2) is 34.9 Å². The summed E-state index contributed by atoms with van der Waals surface area (Å²) in [4.78, 5) is 17.9. The highest BCUT2D eigenvalue weighted by atomic mass is 16.3. The van der Waals surface area contributed by atoms with E-state index in [-0.39, 0.29) is 6.03 Å². The molecule has 2 heterocycles. The molecule has 1 aromatic carbocycles. The van der Waals surface area contributed by atoms with Crippen LogP contribution in [0.2, 0.25) is 0 Å². The first kappa shape index (κ1) is 13.6. The second kappa shape index (κ2) is 5.57. The van der Waals surface area contributed by atoms with Crippen molar-refractivity contribution in [1.29, 1.82) is 0 Å². The maximum absolute atomic E-state index is 12.1. The zero-order valence-electron chi connectivity index (χ0n) is 11.7. The third-order valence-electron chi connectivity index (χ3n) is 3.43. The Hall–Kier alpha value is -2.34. The number of likely N-dealkylation sites (tertiary alicyclic amines) is 1. The molecule has 110 valence electrons. The molecule has 0 bridgehead atoms. The first-order chi connectivity index (χ1) is 10.1. The van der Waals surface area contributed by atoms with Gasteiger partial charge in [-0.2, -0.15) is 0 Å². The molecular weight excluding hydrogens is 270 g/mol. The number of hydrogen-bond donors (Lipinski definition) is 2. The zero-order valence-corrected chi connectivity index (χ0v) is 11.7. The summed E-state index contributed by atoms with van der Waals surface area (Å²) < 4.78 is 5.36. The second-order valence-electron chi connectivity index (χ2n) is 5.19. The number of benzene rings is 1. The van der Waals surface area contributed by atoms with Crippen molar-refractivity contribution in [2.75, 3.05) is 18.4 Å². The Bertz CT molecular complexity index is 653. The van der Waals surface area contributed by atoms with Gasteiger partial charge in [0.2, 0.25) is 5.89 Å². The van der Waals surface area contributed by atoms with Gasteiger partial charge in [-0.15, -0.1) is 0 Å². The molecule has 6 nitrogen and oxygen atoms in total. The number of urea groups is 1. The van der Waals surface area contributed by atoms with E-state index in [9.17, 15) is 9.90 Å². The third kappa shape index (κ3) is 3.05. The smallest absolute Gasteiger partial charge is 0.321 e. The Morgan fingerprint density at radius 1 is 1.52 bits per heavy atom. The monoisotopic (exact) mass is 287 g/mol. The van der Waals surface area contributed by atoms with Crippen LogP contribution in [0.3, 0.4) is 0 Å². The van der Waals surface area contributed by atoms with E-state index in [2.05, 4.69) is 10.3 Å². The molecule has 0 spiro atoms. The number of carbonyl (C=O) groups is 1. The van der Waals surface area contributed by atoms with E-state index in [0.717, 1.165) is 11.3 Å². The maximum atomic E-state index is 12.1. The van der Waals surface area contributed by atoms with Crippen molar-refractivity contribution in [1.82, 2.24) is 9.88 Å². The first-order valence-electron chi connectivity index (χ1n) is 6.88. The van der Waals surface area contributed by atoms with E-state index < -0.39 is 6.10 Å². The lowest BCUT2D eigenvalue weighted by atomic mass is 10.2. The normalized spacial score (nSPS) is 18.0. The summed E-state index contributed by atoms with van der Waals surface area (Å²) in [6.07, 6.45) is 1.80. The van der Waals surface area contributed by atoms with E-state index in [1.54, 1.807) is 11.2 Å². The van der Waals surface area contributed by atoms with Gasteiger partial charge in [0, 0.05) is 24.3 Å². The van der Waals surface area contributed by atoms with E-state index in [4.69, 9.17) is 4.42 Å². The fourth-order valence-electron chi connectivity index (χ4n) is 2.35. The van der Waals surface area contributed by atoms with Gasteiger partial charge in [0.1, 0.15) is 6.26 Å². The maximum Gasteiger partial charge on any atom is 0.321 e. The number of aryl methyl sites for hydroxylation is 1. The Balaban J connectivity index is 1.73. The summed E-state index contributed by atoms with van der Waals surface area (Å²) in [6.45, 7) is 2.81. The zero-order chi connectivity index (χ0) is 14.8. The average Bonchev–Trinajstić information content (AvgIpc) is 3.08. The number of aliphatic hydroxyl groups is 1. The van der Waals surface area contributed by atoms with Crippen molar-refractivity contribution in [2.24, 2.45) is 0 Å². The van der Waals surface area contributed by atoms with Gasteiger partial charge < -0.3 is 19.7 Å². The van der Waals surface area contributed by atoms with Crippen LogP contribution < -0.4 is 5.32 Å². The lowest BCUT2D eigenvalue weighted by Crippen LogP contribution is -2.33. The molecule has 21 heavy (non-hydrogen) atoms. The van der Waals surface area contributed by atoms with Gasteiger partial charge in [0.25, 0.3) is 0 Å². The number of aliphatic hydroxyl groups excluding tert-OH is 1. The Morgan fingerprint density at radius 2 is 2.38 bits per heavy atom. The minimum Gasteiger partial charge on any atom is -0.444 e. The first-order valence-corrected chi connectivity index (χ1v) is 6.88. The van der Waals surface area contributed by atoms with E-state index in [1.807, 2.05) is 31.2 Å². The number of hydrogen-bond acceptors (Lipinski definition) is 4.